The number of fused-ring (bicyclic) bond motifs is 1. The van der Waals surface area contributed by atoms with Crippen molar-refractivity contribution in [3.63, 3.8) is 0 Å². The molecule has 1 saturated carbocycles. The Morgan fingerprint density at radius 3 is 3.12 bits per heavy atom. The smallest absolute Gasteiger partial charge is 0.147 e. The third-order valence-corrected chi connectivity index (χ3v) is 4.71. The first-order valence-corrected chi connectivity index (χ1v) is 8.20. The lowest BCUT2D eigenvalue weighted by atomic mass is 10.1. The molecule has 126 valence electrons. The molecule has 2 N–H and O–H groups in total. The van der Waals surface area contributed by atoms with E-state index in [1.807, 2.05) is 6.07 Å². The van der Waals surface area contributed by atoms with Gasteiger partial charge in [0.05, 0.1) is 22.8 Å². The Kier molecular flexibility index (Phi) is 3.69. The van der Waals surface area contributed by atoms with Gasteiger partial charge in [-0.1, -0.05) is 0 Å². The molecule has 3 aromatic heterocycles. The van der Waals surface area contributed by atoms with Crippen LogP contribution in [0.25, 0.3) is 22.3 Å². The largest absolute Gasteiger partial charge is 0.369 e. The Labute approximate surface area is 143 Å². The molecule has 1 aliphatic carbocycles. The van der Waals surface area contributed by atoms with E-state index in [2.05, 4.69) is 31.4 Å². The molecular weight excluding hydrogens is 318 g/mol. The van der Waals surface area contributed by atoms with Crippen LogP contribution >= 0.6 is 0 Å². The van der Waals surface area contributed by atoms with Crippen LogP contribution in [-0.2, 0) is 11.8 Å². The minimum Gasteiger partial charge on any atom is -0.369 e. The highest BCUT2D eigenvalue weighted by atomic mass is 16.1. The molecule has 8 nitrogen and oxygen atoms in total. The van der Waals surface area contributed by atoms with Crippen LogP contribution in [0.2, 0.25) is 0 Å². The quantitative estimate of drug-likeness (QED) is 0.754. The number of rotatable bonds is 4. The molecule has 3 aromatic rings. The second kappa shape index (κ2) is 6.02. The fraction of sp³-hybridized carbons (Fsp3) is 0.353. The molecule has 0 spiro atoms. The maximum absolute atomic E-state index is 11.8. The topological polar surface area (TPSA) is 112 Å². The molecule has 0 radical (unpaired) electrons. The molecule has 0 aromatic carbocycles. The molecule has 1 fully saturated rings. The number of aromatic amines is 1. The molecule has 1 aliphatic rings. The van der Waals surface area contributed by atoms with Gasteiger partial charge in [-0.3, -0.25) is 9.48 Å². The molecule has 1 atom stereocenters. The minimum absolute atomic E-state index is 0.0620. The number of H-pyrrole nitrogens is 1. The number of ketones is 1. The molecule has 0 saturated heterocycles. The van der Waals surface area contributed by atoms with Gasteiger partial charge in [-0.15, -0.1) is 0 Å². The average molecular weight is 335 g/mol. The molecule has 25 heavy (non-hydrogen) atoms. The van der Waals surface area contributed by atoms with Gasteiger partial charge in [0, 0.05) is 25.9 Å². The molecule has 0 aliphatic heterocycles. The van der Waals surface area contributed by atoms with Crippen molar-refractivity contribution in [2.45, 2.75) is 19.3 Å². The van der Waals surface area contributed by atoms with Crippen molar-refractivity contribution in [2.24, 2.45) is 13.0 Å². The zero-order chi connectivity index (χ0) is 17.4. The Bertz CT molecular complexity index is 994. The van der Waals surface area contributed by atoms with Gasteiger partial charge in [-0.05, 0) is 18.9 Å². The first kappa shape index (κ1) is 15.3. The summed E-state index contributed by atoms with van der Waals surface area (Å²) in [7, 11) is 1.73. The van der Waals surface area contributed by atoms with Gasteiger partial charge in [0.15, 0.2) is 0 Å². The van der Waals surface area contributed by atoms with Crippen LogP contribution in [0.15, 0.2) is 18.6 Å². The van der Waals surface area contributed by atoms with E-state index in [4.69, 9.17) is 0 Å². The number of anilines is 1. The van der Waals surface area contributed by atoms with Gasteiger partial charge in [0.2, 0.25) is 0 Å². The predicted octanol–water partition coefficient (Wildman–Crippen LogP) is 2.01. The maximum Gasteiger partial charge on any atom is 0.147 e. The summed E-state index contributed by atoms with van der Waals surface area (Å²) >= 11 is 0. The van der Waals surface area contributed by atoms with Gasteiger partial charge >= 0.3 is 0 Å². The van der Waals surface area contributed by atoms with Crippen molar-refractivity contribution in [3.05, 3.63) is 24.3 Å². The molecular formula is C17H17N7O. The summed E-state index contributed by atoms with van der Waals surface area (Å²) in [6.45, 7) is 0.585. The Balaban J connectivity index is 1.67. The summed E-state index contributed by atoms with van der Waals surface area (Å²) in [6.07, 6.45) is 5.71. The normalized spacial score (nSPS) is 17.1. The van der Waals surface area contributed by atoms with E-state index in [1.54, 1.807) is 13.2 Å². The van der Waals surface area contributed by atoms with Gasteiger partial charge < -0.3 is 10.3 Å². The molecule has 0 bridgehead atoms. The van der Waals surface area contributed by atoms with Crippen molar-refractivity contribution < 1.29 is 4.79 Å². The molecule has 8 heteroatoms. The number of nitrogens with zero attached hydrogens (tertiary/aromatic N) is 5. The second-order valence-corrected chi connectivity index (χ2v) is 6.25. The van der Waals surface area contributed by atoms with Crippen molar-refractivity contribution >= 4 is 22.6 Å². The van der Waals surface area contributed by atoms with E-state index < -0.39 is 0 Å². The highest BCUT2D eigenvalue weighted by Crippen LogP contribution is 2.29. The number of hydrogen-bond donors (Lipinski definition) is 2. The van der Waals surface area contributed by atoms with Crippen LogP contribution in [0.5, 0.6) is 0 Å². The SMILES string of the molecule is Cn1ncc(-c2cc3c(NCC4CCCC4=O)ncnc3[nH]2)c1C#N. The van der Waals surface area contributed by atoms with Crippen LogP contribution in [0.4, 0.5) is 5.82 Å². The Morgan fingerprint density at radius 2 is 2.36 bits per heavy atom. The zero-order valence-electron chi connectivity index (χ0n) is 13.8. The summed E-state index contributed by atoms with van der Waals surface area (Å²) in [4.78, 5) is 23.6. The first-order chi connectivity index (χ1) is 12.2. The minimum atomic E-state index is 0.0620. The monoisotopic (exact) mass is 335 g/mol. The molecule has 0 amide bonds. The van der Waals surface area contributed by atoms with E-state index in [-0.39, 0.29) is 5.92 Å². The first-order valence-electron chi connectivity index (χ1n) is 8.20. The molecule has 1 unspecified atom stereocenters. The van der Waals surface area contributed by atoms with Crippen LogP contribution in [0.3, 0.4) is 0 Å². The summed E-state index contributed by atoms with van der Waals surface area (Å²) in [5.41, 5.74) is 2.64. The van der Waals surface area contributed by atoms with Crippen molar-refractivity contribution in [3.8, 4) is 17.3 Å². The molecule has 4 rings (SSSR count). The predicted molar refractivity (Wildman–Crippen MR) is 91.6 cm³/mol. The Hall–Kier alpha value is -3.21. The van der Waals surface area contributed by atoms with E-state index in [9.17, 15) is 10.1 Å². The standard InChI is InChI=1S/C17H17N7O/c1-24-14(6-18)12(8-22-24)13-5-11-16(20-9-21-17(11)23-13)19-7-10-3-2-4-15(10)25/h5,8-10H,2-4,7H2,1H3,(H2,19,20,21,23). The highest BCUT2D eigenvalue weighted by Gasteiger charge is 2.24. The van der Waals surface area contributed by atoms with Crippen molar-refractivity contribution in [1.82, 2.24) is 24.7 Å². The van der Waals surface area contributed by atoms with Gasteiger partial charge in [-0.25, -0.2) is 9.97 Å². The van der Waals surface area contributed by atoms with Crippen LogP contribution in [0, 0.1) is 17.2 Å². The van der Waals surface area contributed by atoms with Gasteiger partial charge in [0.1, 0.15) is 35.3 Å². The third kappa shape index (κ3) is 2.63. The zero-order valence-corrected chi connectivity index (χ0v) is 13.8. The number of carbonyl (C=O) groups is 1. The summed E-state index contributed by atoms with van der Waals surface area (Å²) < 4.78 is 1.54. The summed E-state index contributed by atoms with van der Waals surface area (Å²) in [6, 6.07) is 4.07. The van der Waals surface area contributed by atoms with Crippen LogP contribution < -0.4 is 5.32 Å². The third-order valence-electron chi connectivity index (χ3n) is 4.71. The van der Waals surface area contributed by atoms with E-state index >= 15 is 0 Å². The number of aryl methyl sites for hydroxylation is 1. The number of aromatic nitrogens is 5. The lowest BCUT2D eigenvalue weighted by Gasteiger charge is -2.10. The van der Waals surface area contributed by atoms with E-state index in [0.29, 0.717) is 35.9 Å². The number of nitriles is 1. The summed E-state index contributed by atoms with van der Waals surface area (Å²) in [5, 5.41) is 17.6. The molecule has 3 heterocycles. The van der Waals surface area contributed by atoms with Crippen molar-refractivity contribution in [2.75, 3.05) is 11.9 Å². The maximum atomic E-state index is 11.8. The van der Waals surface area contributed by atoms with Gasteiger partial charge in [0.25, 0.3) is 0 Å². The number of hydrogen-bond acceptors (Lipinski definition) is 6. The van der Waals surface area contributed by atoms with Crippen LogP contribution in [-0.4, -0.2) is 37.1 Å². The number of Topliss-reactive ketones (excluding diaryl/α,β-unsaturated/α-hetero) is 1. The lowest BCUT2D eigenvalue weighted by Crippen LogP contribution is -2.18. The second-order valence-electron chi connectivity index (χ2n) is 6.25. The fourth-order valence-electron chi connectivity index (χ4n) is 3.32. The van der Waals surface area contributed by atoms with Crippen molar-refractivity contribution in [1.29, 1.82) is 5.26 Å². The number of nitrogens with one attached hydrogen (secondary N) is 2. The summed E-state index contributed by atoms with van der Waals surface area (Å²) in [5.74, 6) is 1.07. The van der Waals surface area contributed by atoms with E-state index in [1.165, 1.54) is 11.0 Å². The lowest BCUT2D eigenvalue weighted by molar-refractivity contribution is -0.120. The van der Waals surface area contributed by atoms with Gasteiger partial charge in [-0.2, -0.15) is 10.4 Å². The average Bonchev–Trinajstić information content (AvgIpc) is 3.30. The highest BCUT2D eigenvalue weighted by molar-refractivity contribution is 5.92. The fourth-order valence-corrected chi connectivity index (χ4v) is 3.32. The number of carbonyl (C=O) groups excluding carboxylic acids is 1. The Morgan fingerprint density at radius 1 is 1.48 bits per heavy atom. The van der Waals surface area contributed by atoms with E-state index in [0.717, 1.165) is 29.5 Å². The van der Waals surface area contributed by atoms with Crippen LogP contribution in [0.1, 0.15) is 25.0 Å².